The van der Waals surface area contributed by atoms with Crippen molar-refractivity contribution in [3.63, 3.8) is 0 Å². The number of fused-ring (bicyclic) bond motifs is 1. The molecule has 0 fully saturated rings. The lowest BCUT2D eigenvalue weighted by molar-refractivity contribution is -0.111. The van der Waals surface area contributed by atoms with Crippen molar-refractivity contribution in [3.05, 3.63) is 44.5 Å². The van der Waals surface area contributed by atoms with Gasteiger partial charge in [-0.1, -0.05) is 13.0 Å². The summed E-state index contributed by atoms with van der Waals surface area (Å²) in [4.78, 5) is 29.0. The molecule has 3 rings (SSSR count). The lowest BCUT2D eigenvalue weighted by Gasteiger charge is -2.25. The molecule has 132 valence electrons. The van der Waals surface area contributed by atoms with Crippen molar-refractivity contribution in [2.75, 3.05) is 25.5 Å². The van der Waals surface area contributed by atoms with E-state index in [1.54, 1.807) is 17.4 Å². The van der Waals surface area contributed by atoms with E-state index in [-0.39, 0.29) is 11.9 Å². The molecule has 0 atom stereocenters. The molecule has 25 heavy (non-hydrogen) atoms. The minimum absolute atomic E-state index is 0.246. The first kappa shape index (κ1) is 17.8. The lowest BCUT2D eigenvalue weighted by atomic mass is 10.0. The molecule has 0 aromatic carbocycles. The molecular formula is C18H20N2O3S2. The number of nitrogens with zero attached hydrogens (tertiary/aromatic N) is 1. The van der Waals surface area contributed by atoms with Crippen LogP contribution in [-0.4, -0.2) is 37.0 Å². The molecule has 0 bridgehead atoms. The van der Waals surface area contributed by atoms with E-state index in [1.165, 1.54) is 24.5 Å². The van der Waals surface area contributed by atoms with E-state index in [0.717, 1.165) is 41.4 Å². The van der Waals surface area contributed by atoms with Gasteiger partial charge < -0.3 is 10.1 Å². The van der Waals surface area contributed by atoms with Crippen molar-refractivity contribution in [1.29, 1.82) is 0 Å². The lowest BCUT2D eigenvalue weighted by Crippen LogP contribution is -2.29. The monoisotopic (exact) mass is 376 g/mol. The zero-order valence-corrected chi connectivity index (χ0v) is 15.8. The summed E-state index contributed by atoms with van der Waals surface area (Å²) in [5, 5.41) is 5.39. The maximum atomic E-state index is 12.3. The van der Waals surface area contributed by atoms with Crippen LogP contribution < -0.4 is 5.32 Å². The van der Waals surface area contributed by atoms with Crippen molar-refractivity contribution < 1.29 is 14.3 Å². The van der Waals surface area contributed by atoms with Crippen molar-refractivity contribution in [3.8, 4) is 0 Å². The van der Waals surface area contributed by atoms with E-state index in [2.05, 4.69) is 17.1 Å². The van der Waals surface area contributed by atoms with Gasteiger partial charge >= 0.3 is 5.97 Å². The average molecular weight is 377 g/mol. The maximum absolute atomic E-state index is 12.3. The van der Waals surface area contributed by atoms with Crippen LogP contribution in [0.4, 0.5) is 5.00 Å². The number of esters is 1. The van der Waals surface area contributed by atoms with Crippen molar-refractivity contribution >= 4 is 45.6 Å². The van der Waals surface area contributed by atoms with Gasteiger partial charge in [0.25, 0.3) is 0 Å². The first-order chi connectivity index (χ1) is 12.1. The summed E-state index contributed by atoms with van der Waals surface area (Å²) < 4.78 is 4.94. The molecule has 2 aromatic heterocycles. The quantitative estimate of drug-likeness (QED) is 0.640. The predicted molar refractivity (Wildman–Crippen MR) is 102 cm³/mol. The third-order valence-electron chi connectivity index (χ3n) is 4.15. The van der Waals surface area contributed by atoms with E-state index in [0.29, 0.717) is 10.6 Å². The fourth-order valence-corrected chi connectivity index (χ4v) is 4.73. The summed E-state index contributed by atoms with van der Waals surface area (Å²) in [6.07, 6.45) is 4.05. The molecule has 1 aliphatic heterocycles. The number of hydrogen-bond donors (Lipinski definition) is 1. The largest absolute Gasteiger partial charge is 0.465 e. The zero-order chi connectivity index (χ0) is 17.8. The number of nitrogens with one attached hydrogen (secondary N) is 1. The Kier molecular flexibility index (Phi) is 5.67. The second-order valence-corrected chi connectivity index (χ2v) is 7.74. The van der Waals surface area contributed by atoms with Crippen LogP contribution >= 0.6 is 22.7 Å². The van der Waals surface area contributed by atoms with Crippen molar-refractivity contribution in [2.45, 2.75) is 19.9 Å². The topological polar surface area (TPSA) is 58.6 Å². The van der Waals surface area contributed by atoms with Crippen LogP contribution in [0, 0.1) is 0 Å². The van der Waals surface area contributed by atoms with Crippen molar-refractivity contribution in [1.82, 2.24) is 4.90 Å². The van der Waals surface area contributed by atoms with Crippen molar-refractivity contribution in [2.24, 2.45) is 0 Å². The molecule has 1 amide bonds. The fourth-order valence-electron chi connectivity index (χ4n) is 2.83. The molecule has 7 heteroatoms. The number of thiophene rings is 2. The summed E-state index contributed by atoms with van der Waals surface area (Å²) in [5.41, 5.74) is 1.52. The third kappa shape index (κ3) is 4.00. The molecule has 1 N–H and O–H groups in total. The van der Waals surface area contributed by atoms with Crippen LogP contribution in [0.1, 0.15) is 32.6 Å². The number of methoxy groups -OCH3 is 1. The molecule has 5 nitrogen and oxygen atoms in total. The summed E-state index contributed by atoms with van der Waals surface area (Å²) in [6.45, 7) is 4.81. The Labute approximate surface area is 154 Å². The summed E-state index contributed by atoms with van der Waals surface area (Å²) in [6, 6.07) is 3.88. The molecule has 3 heterocycles. The van der Waals surface area contributed by atoms with E-state index in [4.69, 9.17) is 4.74 Å². The van der Waals surface area contributed by atoms with Crippen LogP contribution in [-0.2, 0) is 22.5 Å². The fraction of sp³-hybridized carbons (Fsp3) is 0.333. The Hall–Kier alpha value is -1.96. The number of anilines is 1. The molecule has 1 aliphatic rings. The van der Waals surface area contributed by atoms with Gasteiger partial charge in [0.05, 0.1) is 12.7 Å². The number of amides is 1. The molecule has 0 aliphatic carbocycles. The minimum Gasteiger partial charge on any atom is -0.465 e. The normalized spacial score (nSPS) is 14.5. The van der Waals surface area contributed by atoms with Crippen LogP contribution in [0.25, 0.3) is 6.08 Å². The Morgan fingerprint density at radius 1 is 1.44 bits per heavy atom. The van der Waals surface area contributed by atoms with Crippen LogP contribution in [0.2, 0.25) is 0 Å². The minimum atomic E-state index is -0.389. The van der Waals surface area contributed by atoms with Gasteiger partial charge in [0.15, 0.2) is 0 Å². The Bertz CT molecular complexity index is 794. The molecule has 0 saturated carbocycles. The molecule has 0 spiro atoms. The van der Waals surface area contributed by atoms with Crippen LogP contribution in [0.15, 0.2) is 23.6 Å². The van der Waals surface area contributed by atoms with E-state index >= 15 is 0 Å². The van der Waals surface area contributed by atoms with Gasteiger partial charge in [0.2, 0.25) is 5.91 Å². The maximum Gasteiger partial charge on any atom is 0.341 e. The molecule has 0 unspecified atom stereocenters. The number of carbonyl (C=O) groups excluding carboxylic acids is 2. The second kappa shape index (κ2) is 7.95. The van der Waals surface area contributed by atoms with Gasteiger partial charge in [0.1, 0.15) is 5.00 Å². The average Bonchev–Trinajstić information content (AvgIpc) is 3.25. The van der Waals surface area contributed by atoms with E-state index in [9.17, 15) is 9.59 Å². The first-order valence-electron chi connectivity index (χ1n) is 8.10. The predicted octanol–water partition coefficient (Wildman–Crippen LogP) is 3.63. The number of likely N-dealkylation sites (N-methyl/N-ethyl adjacent to an activating group) is 1. The van der Waals surface area contributed by atoms with Gasteiger partial charge in [-0.05, 0) is 36.1 Å². The zero-order valence-electron chi connectivity index (χ0n) is 14.2. The highest BCUT2D eigenvalue weighted by atomic mass is 32.1. The number of ether oxygens (including phenoxy) is 1. The van der Waals surface area contributed by atoms with Gasteiger partial charge in [-0.25, -0.2) is 4.79 Å². The second-order valence-electron chi connectivity index (χ2n) is 5.66. The smallest absolute Gasteiger partial charge is 0.341 e. The highest BCUT2D eigenvalue weighted by Gasteiger charge is 2.28. The summed E-state index contributed by atoms with van der Waals surface area (Å²) in [7, 11) is 1.37. The molecule has 0 saturated heterocycles. The van der Waals surface area contributed by atoms with E-state index < -0.39 is 0 Å². The van der Waals surface area contributed by atoms with Gasteiger partial charge in [-0.2, -0.15) is 0 Å². The van der Waals surface area contributed by atoms with Gasteiger partial charge in [-0.15, -0.1) is 22.7 Å². The van der Waals surface area contributed by atoms with Gasteiger partial charge in [0, 0.05) is 28.9 Å². The third-order valence-corrected chi connectivity index (χ3v) is 6.12. The Balaban J connectivity index is 1.83. The number of carbonyl (C=O) groups is 2. The number of rotatable bonds is 5. The first-order valence-corrected chi connectivity index (χ1v) is 9.79. The van der Waals surface area contributed by atoms with Gasteiger partial charge in [-0.3, -0.25) is 9.69 Å². The van der Waals surface area contributed by atoms with Crippen LogP contribution in [0.3, 0.4) is 0 Å². The molecular weight excluding hydrogens is 356 g/mol. The van der Waals surface area contributed by atoms with Crippen LogP contribution in [0.5, 0.6) is 0 Å². The summed E-state index contributed by atoms with van der Waals surface area (Å²) >= 11 is 3.03. The highest BCUT2D eigenvalue weighted by Crippen LogP contribution is 2.37. The standard InChI is InChI=1S/C18H20N2O3S2/c1-3-20-9-8-13-14(11-20)25-17(16(13)18(22)23-2)19-15(21)7-6-12-5-4-10-24-12/h4-7,10H,3,8-9,11H2,1-2H3,(H,19,21)/b7-6+. The molecule has 2 aromatic rings. The SMILES string of the molecule is CCN1CCc2c(sc(NC(=O)/C=C/c3cccs3)c2C(=O)OC)C1. The van der Waals surface area contributed by atoms with E-state index in [1.807, 2.05) is 17.5 Å². The molecule has 0 radical (unpaired) electrons. The number of hydrogen-bond acceptors (Lipinski definition) is 6. The summed E-state index contributed by atoms with van der Waals surface area (Å²) in [5.74, 6) is -0.635. The Morgan fingerprint density at radius 3 is 2.96 bits per heavy atom. The highest BCUT2D eigenvalue weighted by molar-refractivity contribution is 7.17. The Morgan fingerprint density at radius 2 is 2.28 bits per heavy atom.